The Morgan fingerprint density at radius 3 is 2.43 bits per heavy atom. The van der Waals surface area contributed by atoms with E-state index in [1.54, 1.807) is 12.1 Å². The van der Waals surface area contributed by atoms with E-state index in [0.29, 0.717) is 13.0 Å². The van der Waals surface area contributed by atoms with Crippen molar-refractivity contribution in [3.8, 4) is 0 Å². The van der Waals surface area contributed by atoms with E-state index in [4.69, 9.17) is 10.8 Å². The number of nitrogen functional groups attached to an aromatic ring is 1. The van der Waals surface area contributed by atoms with Crippen LogP contribution >= 0.6 is 0 Å². The van der Waals surface area contributed by atoms with Gasteiger partial charge in [-0.25, -0.2) is 13.1 Å². The van der Waals surface area contributed by atoms with Crippen LogP contribution < -0.4 is 10.5 Å². The minimum atomic E-state index is -3.62. The SMILES string of the molecule is CCCC(CCO)CNS(=O)(=O)c1cc(C)c(C)cc1N. The second-order valence-electron chi connectivity index (χ2n) is 5.49. The molecule has 0 aromatic heterocycles. The van der Waals surface area contributed by atoms with Crippen molar-refractivity contribution in [2.75, 3.05) is 18.9 Å². The van der Waals surface area contributed by atoms with Gasteiger partial charge in [0.25, 0.3) is 0 Å². The fourth-order valence-corrected chi connectivity index (χ4v) is 3.60. The third kappa shape index (κ3) is 4.98. The Labute approximate surface area is 127 Å². The van der Waals surface area contributed by atoms with Crippen LogP contribution in [-0.2, 0) is 10.0 Å². The monoisotopic (exact) mass is 314 g/mol. The number of sulfonamides is 1. The Kier molecular flexibility index (Phi) is 6.64. The summed E-state index contributed by atoms with van der Waals surface area (Å²) in [5.74, 6) is 0.141. The lowest BCUT2D eigenvalue weighted by molar-refractivity contribution is 0.251. The summed E-state index contributed by atoms with van der Waals surface area (Å²) in [4.78, 5) is 0.129. The molecule has 0 aliphatic carbocycles. The molecule has 0 saturated carbocycles. The summed E-state index contributed by atoms with van der Waals surface area (Å²) >= 11 is 0. The maximum Gasteiger partial charge on any atom is 0.242 e. The lowest BCUT2D eigenvalue weighted by atomic mass is 10.0. The molecule has 0 bridgehead atoms. The molecule has 0 heterocycles. The van der Waals surface area contributed by atoms with E-state index in [1.807, 2.05) is 20.8 Å². The largest absolute Gasteiger partial charge is 0.398 e. The molecule has 5 nitrogen and oxygen atoms in total. The molecule has 0 spiro atoms. The molecule has 0 amide bonds. The van der Waals surface area contributed by atoms with Gasteiger partial charge in [0.15, 0.2) is 0 Å². The highest BCUT2D eigenvalue weighted by Gasteiger charge is 2.20. The van der Waals surface area contributed by atoms with Gasteiger partial charge in [-0.15, -0.1) is 0 Å². The number of aryl methyl sites for hydroxylation is 2. The van der Waals surface area contributed by atoms with E-state index in [9.17, 15) is 8.42 Å². The fraction of sp³-hybridized carbons (Fsp3) is 0.600. The topological polar surface area (TPSA) is 92.4 Å². The molecule has 1 unspecified atom stereocenters. The number of anilines is 1. The molecule has 0 aliphatic rings. The van der Waals surface area contributed by atoms with Crippen molar-refractivity contribution in [2.24, 2.45) is 5.92 Å². The summed E-state index contributed by atoms with van der Waals surface area (Å²) in [7, 11) is -3.62. The van der Waals surface area contributed by atoms with E-state index >= 15 is 0 Å². The number of aliphatic hydroxyl groups excluding tert-OH is 1. The van der Waals surface area contributed by atoms with Crippen molar-refractivity contribution in [2.45, 2.75) is 44.9 Å². The second-order valence-corrected chi connectivity index (χ2v) is 7.23. The van der Waals surface area contributed by atoms with Gasteiger partial charge in [0.1, 0.15) is 4.90 Å². The lowest BCUT2D eigenvalue weighted by Crippen LogP contribution is -2.30. The quantitative estimate of drug-likeness (QED) is 0.640. The zero-order valence-corrected chi connectivity index (χ0v) is 13.8. The summed E-state index contributed by atoms with van der Waals surface area (Å²) in [6.45, 7) is 6.19. The Morgan fingerprint density at radius 1 is 1.24 bits per heavy atom. The van der Waals surface area contributed by atoms with Crippen molar-refractivity contribution >= 4 is 15.7 Å². The standard InChI is InChI=1S/C15H26N2O3S/c1-4-5-13(6-7-18)10-17-21(19,20)15-9-12(3)11(2)8-14(15)16/h8-9,13,17-18H,4-7,10,16H2,1-3H3. The Balaban J connectivity index is 2.89. The van der Waals surface area contributed by atoms with Crippen LogP contribution in [0.1, 0.15) is 37.3 Å². The second kappa shape index (κ2) is 7.77. The number of hydrogen-bond acceptors (Lipinski definition) is 4. The number of aliphatic hydroxyl groups is 1. The number of hydrogen-bond donors (Lipinski definition) is 3. The normalized spacial score (nSPS) is 13.3. The number of nitrogens with two attached hydrogens (primary N) is 1. The van der Waals surface area contributed by atoms with E-state index in [0.717, 1.165) is 24.0 Å². The van der Waals surface area contributed by atoms with Gasteiger partial charge in [-0.05, 0) is 55.9 Å². The van der Waals surface area contributed by atoms with Crippen LogP contribution in [0.5, 0.6) is 0 Å². The summed E-state index contributed by atoms with van der Waals surface area (Å²) in [5.41, 5.74) is 7.97. The smallest absolute Gasteiger partial charge is 0.242 e. The molecule has 0 fully saturated rings. The number of nitrogens with one attached hydrogen (secondary N) is 1. The molecular formula is C15H26N2O3S. The maximum atomic E-state index is 12.4. The first-order valence-electron chi connectivity index (χ1n) is 7.29. The summed E-state index contributed by atoms with van der Waals surface area (Å²) in [5, 5.41) is 9.02. The predicted octanol–water partition coefficient (Wildman–Crippen LogP) is 1.96. The minimum absolute atomic E-state index is 0.0676. The molecular weight excluding hydrogens is 288 g/mol. The van der Waals surface area contributed by atoms with Gasteiger partial charge in [-0.3, -0.25) is 0 Å². The van der Waals surface area contributed by atoms with Crippen molar-refractivity contribution in [3.05, 3.63) is 23.3 Å². The van der Waals surface area contributed by atoms with Crippen LogP contribution in [0.3, 0.4) is 0 Å². The van der Waals surface area contributed by atoms with Gasteiger partial charge in [0, 0.05) is 13.2 Å². The first-order valence-corrected chi connectivity index (χ1v) is 8.77. The molecule has 1 aromatic carbocycles. The van der Waals surface area contributed by atoms with Gasteiger partial charge in [-0.1, -0.05) is 13.3 Å². The molecule has 1 rings (SSSR count). The predicted molar refractivity (Wildman–Crippen MR) is 85.6 cm³/mol. The Morgan fingerprint density at radius 2 is 1.86 bits per heavy atom. The molecule has 21 heavy (non-hydrogen) atoms. The third-order valence-electron chi connectivity index (χ3n) is 3.71. The molecule has 0 aliphatic heterocycles. The summed E-state index contributed by atoms with van der Waals surface area (Å²) in [6, 6.07) is 3.29. The van der Waals surface area contributed by atoms with E-state index in [2.05, 4.69) is 4.72 Å². The zero-order valence-electron chi connectivity index (χ0n) is 13.0. The van der Waals surface area contributed by atoms with Gasteiger partial charge in [-0.2, -0.15) is 0 Å². The highest BCUT2D eigenvalue weighted by molar-refractivity contribution is 7.89. The van der Waals surface area contributed by atoms with Crippen LogP contribution in [0.25, 0.3) is 0 Å². The minimum Gasteiger partial charge on any atom is -0.398 e. The zero-order chi connectivity index (χ0) is 16.0. The molecule has 0 saturated heterocycles. The molecule has 1 aromatic rings. The van der Waals surface area contributed by atoms with E-state index < -0.39 is 10.0 Å². The van der Waals surface area contributed by atoms with Crippen LogP contribution in [-0.4, -0.2) is 26.7 Å². The van der Waals surface area contributed by atoms with Crippen LogP contribution in [0.15, 0.2) is 17.0 Å². The maximum absolute atomic E-state index is 12.4. The average Bonchev–Trinajstić information content (AvgIpc) is 2.40. The van der Waals surface area contributed by atoms with Crippen LogP contribution in [0.4, 0.5) is 5.69 Å². The van der Waals surface area contributed by atoms with Gasteiger partial charge < -0.3 is 10.8 Å². The highest BCUT2D eigenvalue weighted by Crippen LogP contribution is 2.23. The van der Waals surface area contributed by atoms with Gasteiger partial charge >= 0.3 is 0 Å². The Hall–Kier alpha value is -1.11. The average molecular weight is 314 g/mol. The number of benzene rings is 1. The van der Waals surface area contributed by atoms with E-state index in [-0.39, 0.29) is 23.1 Å². The summed E-state index contributed by atoms with van der Waals surface area (Å²) in [6.07, 6.45) is 2.43. The molecule has 6 heteroatoms. The third-order valence-corrected chi connectivity index (χ3v) is 5.19. The molecule has 4 N–H and O–H groups in total. The lowest BCUT2D eigenvalue weighted by Gasteiger charge is -2.17. The van der Waals surface area contributed by atoms with Gasteiger partial charge in [0.2, 0.25) is 10.0 Å². The van der Waals surface area contributed by atoms with Gasteiger partial charge in [0.05, 0.1) is 5.69 Å². The summed E-state index contributed by atoms with van der Waals surface area (Å²) < 4.78 is 27.4. The van der Waals surface area contributed by atoms with Crippen molar-refractivity contribution in [1.29, 1.82) is 0 Å². The Bertz CT molecular complexity index is 565. The first kappa shape index (κ1) is 17.9. The van der Waals surface area contributed by atoms with Crippen LogP contribution in [0, 0.1) is 19.8 Å². The van der Waals surface area contributed by atoms with E-state index in [1.165, 1.54) is 0 Å². The van der Waals surface area contributed by atoms with Crippen molar-refractivity contribution in [3.63, 3.8) is 0 Å². The first-order chi connectivity index (χ1) is 9.81. The van der Waals surface area contributed by atoms with Crippen molar-refractivity contribution < 1.29 is 13.5 Å². The fourth-order valence-electron chi connectivity index (χ4n) is 2.29. The highest BCUT2D eigenvalue weighted by atomic mass is 32.2. The van der Waals surface area contributed by atoms with Crippen molar-refractivity contribution in [1.82, 2.24) is 4.72 Å². The van der Waals surface area contributed by atoms with Crippen LogP contribution in [0.2, 0.25) is 0 Å². The molecule has 0 radical (unpaired) electrons. The molecule has 120 valence electrons. The number of rotatable bonds is 8. The molecule has 1 atom stereocenters.